The number of benzene rings is 3. The Morgan fingerprint density at radius 1 is 0.846 bits per heavy atom. The summed E-state index contributed by atoms with van der Waals surface area (Å²) in [6.45, 7) is 5.93. The molecular weight excluding hydrogens is 533 g/mol. The minimum Gasteiger partial charge on any atom is -0.366 e. The number of piperazine rings is 1. The molecule has 0 atom stereocenters. The second kappa shape index (κ2) is 10.5. The average molecular weight is 565 g/mol. The van der Waals surface area contributed by atoms with E-state index in [1.54, 1.807) is 18.2 Å². The van der Waals surface area contributed by atoms with E-state index in [2.05, 4.69) is 21.8 Å². The van der Waals surface area contributed by atoms with Gasteiger partial charge < -0.3 is 20.5 Å². The molecule has 0 bridgehead atoms. The zero-order valence-corrected chi connectivity index (χ0v) is 23.4. The molecule has 9 heteroatoms. The monoisotopic (exact) mass is 563 g/mol. The summed E-state index contributed by atoms with van der Waals surface area (Å²) >= 11 is 12.4. The molecule has 3 N–H and O–H groups in total. The Morgan fingerprint density at radius 2 is 1.59 bits per heavy atom. The van der Waals surface area contributed by atoms with Gasteiger partial charge in [0.15, 0.2) is 0 Å². The summed E-state index contributed by atoms with van der Waals surface area (Å²) in [5, 5.41) is 2.58. The number of H-pyrrole nitrogens is 1. The van der Waals surface area contributed by atoms with Crippen LogP contribution in [0.15, 0.2) is 48.5 Å². The quantitative estimate of drug-likeness (QED) is 0.355. The van der Waals surface area contributed by atoms with Crippen LogP contribution in [0.25, 0.3) is 32.9 Å². The fourth-order valence-corrected chi connectivity index (χ4v) is 6.27. The van der Waals surface area contributed by atoms with Crippen LogP contribution in [-0.2, 0) is 0 Å². The Balaban J connectivity index is 1.30. The van der Waals surface area contributed by atoms with E-state index in [0.717, 1.165) is 79.5 Å². The van der Waals surface area contributed by atoms with Crippen LogP contribution in [0, 0.1) is 0 Å². The molecule has 1 aromatic heterocycles. The van der Waals surface area contributed by atoms with E-state index in [9.17, 15) is 9.59 Å². The van der Waals surface area contributed by atoms with Gasteiger partial charge in [0.25, 0.3) is 11.8 Å². The smallest absolute Gasteiger partial charge is 0.253 e. The number of hydrogen-bond acceptors (Lipinski definition) is 4. The lowest BCUT2D eigenvalue weighted by Crippen LogP contribution is -2.52. The highest BCUT2D eigenvalue weighted by molar-refractivity contribution is 6.42. The van der Waals surface area contributed by atoms with Gasteiger partial charge in [-0.25, -0.2) is 0 Å². The summed E-state index contributed by atoms with van der Waals surface area (Å²) in [5.74, 6) is -0.494. The number of aromatic nitrogens is 1. The van der Waals surface area contributed by atoms with Crippen LogP contribution >= 0.6 is 23.2 Å². The third-order valence-electron chi connectivity index (χ3n) is 8.28. The summed E-state index contributed by atoms with van der Waals surface area (Å²) in [5.41, 5.74) is 9.89. The molecule has 6 rings (SSSR count). The van der Waals surface area contributed by atoms with Crippen molar-refractivity contribution in [2.45, 2.75) is 18.9 Å². The van der Waals surface area contributed by atoms with Gasteiger partial charge in [-0.1, -0.05) is 29.3 Å². The Hall–Kier alpha value is -3.10. The molecule has 0 aliphatic carbocycles. The van der Waals surface area contributed by atoms with E-state index >= 15 is 0 Å². The largest absolute Gasteiger partial charge is 0.366 e. The van der Waals surface area contributed by atoms with E-state index in [1.165, 1.54) is 0 Å². The van der Waals surface area contributed by atoms with Crippen molar-refractivity contribution in [3.63, 3.8) is 0 Å². The van der Waals surface area contributed by atoms with Crippen LogP contribution in [-0.4, -0.2) is 83.9 Å². The van der Waals surface area contributed by atoms with Crippen molar-refractivity contribution < 1.29 is 9.59 Å². The number of halogens is 2. The van der Waals surface area contributed by atoms with Crippen LogP contribution in [0.1, 0.15) is 33.6 Å². The molecule has 2 amide bonds. The summed E-state index contributed by atoms with van der Waals surface area (Å²) < 4.78 is 0. The molecule has 0 saturated carbocycles. The highest BCUT2D eigenvalue weighted by Crippen LogP contribution is 2.35. The van der Waals surface area contributed by atoms with Gasteiger partial charge in [0.2, 0.25) is 0 Å². The molecule has 2 aliphatic heterocycles. The highest BCUT2D eigenvalue weighted by atomic mass is 35.5. The molecule has 2 aliphatic rings. The topological polar surface area (TPSA) is 85.7 Å². The van der Waals surface area contributed by atoms with E-state index in [1.807, 2.05) is 35.2 Å². The predicted octanol–water partition coefficient (Wildman–Crippen LogP) is 5.25. The molecule has 0 unspecified atom stereocenters. The lowest BCUT2D eigenvalue weighted by Gasteiger charge is -2.42. The number of likely N-dealkylation sites (tertiary alicyclic amines) is 1. The number of likely N-dealkylation sites (N-methyl/N-ethyl adjacent to an activating group) is 1. The van der Waals surface area contributed by atoms with E-state index in [0.29, 0.717) is 32.7 Å². The van der Waals surface area contributed by atoms with Crippen molar-refractivity contribution in [1.29, 1.82) is 0 Å². The highest BCUT2D eigenvalue weighted by Gasteiger charge is 2.29. The molecule has 3 aromatic carbocycles. The second-order valence-electron chi connectivity index (χ2n) is 10.7. The van der Waals surface area contributed by atoms with Gasteiger partial charge in [0, 0.05) is 67.2 Å². The maximum atomic E-state index is 13.6. The SMILES string of the molecule is CN1CCN(C2CCN(C(=O)c3ccc4[nH]c5c(C(N)=O)cc(-c6ccc(Cl)c(Cl)c6)cc5c4c3)CC2)CC1. The summed E-state index contributed by atoms with van der Waals surface area (Å²) in [7, 11) is 2.17. The second-order valence-corrected chi connectivity index (χ2v) is 11.5. The third-order valence-corrected chi connectivity index (χ3v) is 9.02. The molecule has 2 saturated heterocycles. The summed E-state index contributed by atoms with van der Waals surface area (Å²) in [4.78, 5) is 36.2. The van der Waals surface area contributed by atoms with Crippen molar-refractivity contribution >= 4 is 56.8 Å². The number of carbonyl (C=O) groups is 2. The van der Waals surface area contributed by atoms with Crippen molar-refractivity contribution in [2.75, 3.05) is 46.3 Å². The fourth-order valence-electron chi connectivity index (χ4n) is 5.97. The van der Waals surface area contributed by atoms with Crippen molar-refractivity contribution in [3.8, 4) is 11.1 Å². The van der Waals surface area contributed by atoms with Gasteiger partial charge in [-0.15, -0.1) is 0 Å². The standard InChI is InChI=1S/C30H31Cl2N5O2/c1-35-10-12-36(13-11-35)21-6-8-37(9-7-21)30(39)19-3-5-27-22(14-19)23-15-20(16-24(29(33)38)28(23)34-27)18-2-4-25(31)26(32)17-18/h2-5,14-17,21,34H,6-13H2,1H3,(H2,33,38). The van der Waals surface area contributed by atoms with Crippen LogP contribution in [0.2, 0.25) is 10.0 Å². The number of hydrogen-bond donors (Lipinski definition) is 2. The van der Waals surface area contributed by atoms with Crippen molar-refractivity contribution in [2.24, 2.45) is 5.73 Å². The summed E-state index contributed by atoms with van der Waals surface area (Å²) in [6, 6.07) is 15.3. The lowest BCUT2D eigenvalue weighted by molar-refractivity contribution is 0.0519. The molecule has 0 spiro atoms. The maximum absolute atomic E-state index is 13.6. The molecule has 0 radical (unpaired) electrons. The van der Waals surface area contributed by atoms with Gasteiger partial charge in [-0.3, -0.25) is 14.5 Å². The van der Waals surface area contributed by atoms with Gasteiger partial charge >= 0.3 is 0 Å². The Morgan fingerprint density at radius 3 is 2.28 bits per heavy atom. The molecular formula is C30H31Cl2N5O2. The van der Waals surface area contributed by atoms with E-state index < -0.39 is 5.91 Å². The minimum absolute atomic E-state index is 0.0406. The van der Waals surface area contributed by atoms with Gasteiger partial charge in [-0.2, -0.15) is 0 Å². The number of nitrogens with two attached hydrogens (primary N) is 1. The van der Waals surface area contributed by atoms with E-state index in [4.69, 9.17) is 28.9 Å². The van der Waals surface area contributed by atoms with E-state index in [-0.39, 0.29) is 5.91 Å². The molecule has 2 fully saturated rings. The zero-order valence-electron chi connectivity index (χ0n) is 21.8. The minimum atomic E-state index is -0.534. The number of nitrogens with one attached hydrogen (secondary N) is 1. The van der Waals surface area contributed by atoms with Crippen molar-refractivity contribution in [3.05, 3.63) is 69.7 Å². The van der Waals surface area contributed by atoms with Crippen LogP contribution in [0.4, 0.5) is 0 Å². The number of amides is 2. The molecule has 7 nitrogen and oxygen atoms in total. The van der Waals surface area contributed by atoms with Crippen molar-refractivity contribution in [1.82, 2.24) is 19.7 Å². The van der Waals surface area contributed by atoms with Gasteiger partial charge in [0.1, 0.15) is 0 Å². The van der Waals surface area contributed by atoms with Crippen LogP contribution < -0.4 is 5.73 Å². The zero-order chi connectivity index (χ0) is 27.3. The van der Waals surface area contributed by atoms with Crippen LogP contribution in [0.5, 0.6) is 0 Å². The normalized spacial score (nSPS) is 17.8. The number of rotatable bonds is 4. The third kappa shape index (κ3) is 5.00. The predicted molar refractivity (Wildman–Crippen MR) is 158 cm³/mol. The molecule has 4 aromatic rings. The first kappa shape index (κ1) is 26.1. The fraction of sp³-hybridized carbons (Fsp3) is 0.333. The van der Waals surface area contributed by atoms with Gasteiger partial charge in [-0.05, 0) is 73.5 Å². The maximum Gasteiger partial charge on any atom is 0.253 e. The number of primary amides is 1. The average Bonchev–Trinajstić information content (AvgIpc) is 3.32. The number of aromatic amines is 1. The number of piperidine rings is 1. The first-order valence-electron chi connectivity index (χ1n) is 13.3. The summed E-state index contributed by atoms with van der Waals surface area (Å²) in [6.07, 6.45) is 2.00. The molecule has 202 valence electrons. The Kier molecular flexibility index (Phi) is 7.02. The lowest BCUT2D eigenvalue weighted by atomic mass is 9.98. The molecule has 3 heterocycles. The number of fused-ring (bicyclic) bond motifs is 3. The number of nitrogens with zero attached hydrogens (tertiary/aromatic N) is 3. The first-order valence-corrected chi connectivity index (χ1v) is 14.1. The van der Waals surface area contributed by atoms with Crippen LogP contribution in [0.3, 0.4) is 0 Å². The van der Waals surface area contributed by atoms with Gasteiger partial charge in [0.05, 0.1) is 21.1 Å². The Labute approximate surface area is 237 Å². The Bertz CT molecular complexity index is 1580. The first-order chi connectivity index (χ1) is 18.8. The number of carbonyl (C=O) groups excluding carboxylic acids is 2. The molecule has 39 heavy (non-hydrogen) atoms.